The van der Waals surface area contributed by atoms with E-state index in [1.54, 1.807) is 0 Å². The minimum atomic E-state index is -0.222. The highest BCUT2D eigenvalue weighted by Gasteiger charge is 2.38. The SMILES string of the molecule is CC(=O)CCCN1C(=O)CC(SC(C)C)C1=O. The van der Waals surface area contributed by atoms with Gasteiger partial charge in [0.05, 0.1) is 5.25 Å². The standard InChI is InChI=1S/C12H19NO3S/c1-8(2)17-10-7-11(15)13(12(10)16)6-4-5-9(3)14/h8,10H,4-7H2,1-3H3. The lowest BCUT2D eigenvalue weighted by Gasteiger charge is -2.15. The van der Waals surface area contributed by atoms with Crippen LogP contribution in [0.1, 0.15) is 40.0 Å². The van der Waals surface area contributed by atoms with Gasteiger partial charge in [-0.2, -0.15) is 0 Å². The van der Waals surface area contributed by atoms with E-state index in [9.17, 15) is 14.4 Å². The van der Waals surface area contributed by atoms with Crippen molar-refractivity contribution in [2.75, 3.05) is 6.54 Å². The zero-order valence-electron chi connectivity index (χ0n) is 10.6. The molecule has 5 heteroatoms. The maximum Gasteiger partial charge on any atom is 0.242 e. The van der Waals surface area contributed by atoms with Crippen molar-refractivity contribution in [2.24, 2.45) is 0 Å². The van der Waals surface area contributed by atoms with E-state index in [4.69, 9.17) is 0 Å². The molecule has 0 bridgehead atoms. The highest BCUT2D eigenvalue weighted by Crippen LogP contribution is 2.28. The molecule has 0 radical (unpaired) electrons. The Morgan fingerprint density at radius 1 is 1.47 bits per heavy atom. The summed E-state index contributed by atoms with van der Waals surface area (Å²) in [6.07, 6.45) is 1.31. The molecule has 1 fully saturated rings. The Bertz CT molecular complexity index is 328. The minimum absolute atomic E-state index is 0.0859. The van der Waals surface area contributed by atoms with Gasteiger partial charge in [-0.15, -0.1) is 11.8 Å². The first-order chi connectivity index (χ1) is 7.91. The molecule has 4 nitrogen and oxygen atoms in total. The lowest BCUT2D eigenvalue weighted by Crippen LogP contribution is -2.32. The summed E-state index contributed by atoms with van der Waals surface area (Å²) >= 11 is 1.54. The average molecular weight is 257 g/mol. The lowest BCUT2D eigenvalue weighted by atomic mass is 10.2. The second-order valence-corrected chi connectivity index (χ2v) is 6.35. The number of carbonyl (C=O) groups excluding carboxylic acids is 3. The van der Waals surface area contributed by atoms with E-state index in [2.05, 4.69) is 0 Å². The number of thioether (sulfide) groups is 1. The van der Waals surface area contributed by atoms with Crippen molar-refractivity contribution in [3.63, 3.8) is 0 Å². The van der Waals surface area contributed by atoms with Gasteiger partial charge in [0, 0.05) is 19.4 Å². The van der Waals surface area contributed by atoms with Crippen LogP contribution in [-0.4, -0.2) is 39.5 Å². The van der Waals surface area contributed by atoms with Crippen LogP contribution in [0.25, 0.3) is 0 Å². The molecule has 1 heterocycles. The summed E-state index contributed by atoms with van der Waals surface area (Å²) in [5.41, 5.74) is 0. The maximum atomic E-state index is 11.9. The van der Waals surface area contributed by atoms with Gasteiger partial charge in [-0.3, -0.25) is 14.5 Å². The van der Waals surface area contributed by atoms with E-state index in [1.165, 1.54) is 23.6 Å². The number of carbonyl (C=O) groups is 3. The number of rotatable bonds is 6. The Morgan fingerprint density at radius 3 is 2.65 bits per heavy atom. The summed E-state index contributed by atoms with van der Waals surface area (Å²) in [5.74, 6) is -0.0915. The molecule has 1 aliphatic rings. The van der Waals surface area contributed by atoms with E-state index >= 15 is 0 Å². The number of imide groups is 1. The smallest absolute Gasteiger partial charge is 0.242 e. The van der Waals surface area contributed by atoms with Crippen LogP contribution in [0, 0.1) is 0 Å². The third-order valence-electron chi connectivity index (χ3n) is 2.55. The largest absolute Gasteiger partial charge is 0.300 e. The lowest BCUT2D eigenvalue weighted by molar-refractivity contribution is -0.138. The summed E-state index contributed by atoms with van der Waals surface area (Å²) in [5, 5.41) is 0.119. The van der Waals surface area contributed by atoms with Crippen LogP contribution >= 0.6 is 11.8 Å². The monoisotopic (exact) mass is 257 g/mol. The van der Waals surface area contributed by atoms with Crippen molar-refractivity contribution >= 4 is 29.4 Å². The fraction of sp³-hybridized carbons (Fsp3) is 0.750. The van der Waals surface area contributed by atoms with E-state index in [-0.39, 0.29) is 22.8 Å². The summed E-state index contributed by atoms with van der Waals surface area (Å²) in [7, 11) is 0. The molecular weight excluding hydrogens is 238 g/mol. The van der Waals surface area contributed by atoms with Gasteiger partial charge < -0.3 is 4.79 Å². The van der Waals surface area contributed by atoms with Gasteiger partial charge in [0.15, 0.2) is 0 Å². The second-order valence-electron chi connectivity index (χ2n) is 4.57. The quantitative estimate of drug-likeness (QED) is 0.679. The van der Waals surface area contributed by atoms with Crippen LogP contribution in [0.3, 0.4) is 0 Å². The summed E-state index contributed by atoms with van der Waals surface area (Å²) in [4.78, 5) is 35.7. The molecule has 0 aliphatic carbocycles. The van der Waals surface area contributed by atoms with Gasteiger partial charge >= 0.3 is 0 Å². The third-order valence-corrected chi connectivity index (χ3v) is 3.79. The van der Waals surface area contributed by atoms with E-state index in [0.29, 0.717) is 31.1 Å². The predicted octanol–water partition coefficient (Wildman–Crippen LogP) is 1.62. The van der Waals surface area contributed by atoms with Crippen molar-refractivity contribution < 1.29 is 14.4 Å². The summed E-state index contributed by atoms with van der Waals surface area (Å²) in [6.45, 7) is 5.93. The fourth-order valence-corrected chi connectivity index (χ4v) is 2.95. The van der Waals surface area contributed by atoms with Crippen LogP contribution in [-0.2, 0) is 14.4 Å². The van der Waals surface area contributed by atoms with Gasteiger partial charge in [-0.05, 0) is 18.6 Å². The number of nitrogens with zero attached hydrogens (tertiary/aromatic N) is 1. The minimum Gasteiger partial charge on any atom is -0.300 e. The molecule has 1 rings (SSSR count). The molecule has 1 aliphatic heterocycles. The molecule has 0 spiro atoms. The van der Waals surface area contributed by atoms with Gasteiger partial charge in [0.25, 0.3) is 0 Å². The predicted molar refractivity (Wildman–Crippen MR) is 67.8 cm³/mol. The number of Topliss-reactive ketones (excluding diaryl/α,β-unsaturated/α-hetero) is 1. The second kappa shape index (κ2) is 6.19. The molecule has 17 heavy (non-hydrogen) atoms. The fourth-order valence-electron chi connectivity index (χ4n) is 1.81. The molecular formula is C12H19NO3S. The van der Waals surface area contributed by atoms with Crippen LogP contribution in [0.4, 0.5) is 0 Å². The molecule has 0 saturated carbocycles. The molecule has 0 aromatic carbocycles. The Hall–Kier alpha value is -0.840. The highest BCUT2D eigenvalue weighted by atomic mass is 32.2. The summed E-state index contributed by atoms with van der Waals surface area (Å²) < 4.78 is 0. The van der Waals surface area contributed by atoms with Crippen molar-refractivity contribution in [3.05, 3.63) is 0 Å². The zero-order valence-corrected chi connectivity index (χ0v) is 11.4. The molecule has 2 amide bonds. The van der Waals surface area contributed by atoms with Crippen molar-refractivity contribution in [1.82, 2.24) is 4.90 Å². The van der Waals surface area contributed by atoms with Gasteiger partial charge in [-0.25, -0.2) is 0 Å². The molecule has 1 saturated heterocycles. The number of likely N-dealkylation sites (tertiary alicyclic amines) is 1. The Morgan fingerprint density at radius 2 is 2.12 bits per heavy atom. The van der Waals surface area contributed by atoms with Crippen molar-refractivity contribution in [1.29, 1.82) is 0 Å². The molecule has 1 atom stereocenters. The molecule has 0 N–H and O–H groups in total. The van der Waals surface area contributed by atoms with Crippen LogP contribution in [0.2, 0.25) is 0 Å². The number of amides is 2. The highest BCUT2D eigenvalue weighted by molar-refractivity contribution is 8.01. The number of hydrogen-bond donors (Lipinski definition) is 0. The van der Waals surface area contributed by atoms with Gasteiger partial charge in [0.1, 0.15) is 5.78 Å². The Labute approximate surface area is 106 Å². The van der Waals surface area contributed by atoms with E-state index in [0.717, 1.165) is 0 Å². The topological polar surface area (TPSA) is 54.5 Å². The number of hydrogen-bond acceptors (Lipinski definition) is 4. The normalized spacial score (nSPS) is 20.5. The number of ketones is 1. The van der Waals surface area contributed by atoms with Gasteiger partial charge in [-0.1, -0.05) is 13.8 Å². The Kier molecular flexibility index (Phi) is 5.18. The third kappa shape index (κ3) is 4.15. The average Bonchev–Trinajstić information content (AvgIpc) is 2.44. The van der Waals surface area contributed by atoms with Gasteiger partial charge in [0.2, 0.25) is 11.8 Å². The van der Waals surface area contributed by atoms with Crippen LogP contribution < -0.4 is 0 Å². The van der Waals surface area contributed by atoms with Crippen LogP contribution in [0.5, 0.6) is 0 Å². The van der Waals surface area contributed by atoms with Crippen molar-refractivity contribution in [2.45, 2.75) is 50.5 Å². The summed E-state index contributed by atoms with van der Waals surface area (Å²) in [6, 6.07) is 0. The molecule has 0 aromatic heterocycles. The first kappa shape index (κ1) is 14.2. The van der Waals surface area contributed by atoms with E-state index < -0.39 is 0 Å². The molecule has 96 valence electrons. The zero-order chi connectivity index (χ0) is 13.0. The molecule has 0 aromatic rings. The Balaban J connectivity index is 2.48. The maximum absolute atomic E-state index is 11.9. The molecule has 1 unspecified atom stereocenters. The first-order valence-corrected chi connectivity index (χ1v) is 6.85. The van der Waals surface area contributed by atoms with Crippen molar-refractivity contribution in [3.8, 4) is 0 Å². The van der Waals surface area contributed by atoms with E-state index in [1.807, 2.05) is 13.8 Å². The van der Waals surface area contributed by atoms with Crippen LogP contribution in [0.15, 0.2) is 0 Å². The first-order valence-electron chi connectivity index (χ1n) is 5.91.